The number of rotatable bonds is 13. The molecule has 0 nitrogen and oxygen atoms in total. The van der Waals surface area contributed by atoms with Gasteiger partial charge < -0.3 is 0 Å². The van der Waals surface area contributed by atoms with Crippen LogP contribution in [0.3, 0.4) is 0 Å². The van der Waals surface area contributed by atoms with Gasteiger partial charge in [0, 0.05) is 4.83 Å². The lowest BCUT2D eigenvalue weighted by molar-refractivity contribution is 0.444. The smallest absolute Gasteiger partial charge is 0.0117 e. The van der Waals surface area contributed by atoms with Gasteiger partial charge in [-0.1, -0.05) is 80.8 Å². The van der Waals surface area contributed by atoms with Gasteiger partial charge in [0.25, 0.3) is 0 Å². The van der Waals surface area contributed by atoms with Crippen LogP contribution in [0.25, 0.3) is 0 Å². The molecule has 0 aromatic carbocycles. The predicted molar refractivity (Wildman–Crippen MR) is 88.5 cm³/mol. The maximum Gasteiger partial charge on any atom is 0.0117 e. The van der Waals surface area contributed by atoms with Crippen LogP contribution >= 0.6 is 15.9 Å². The molecule has 0 fully saturated rings. The SMILES string of the molecule is C=CCCCCCCCCCC(C)CCC(C)Br. The van der Waals surface area contributed by atoms with E-state index in [1.54, 1.807) is 0 Å². The minimum absolute atomic E-state index is 0.690. The molecule has 0 spiro atoms. The third kappa shape index (κ3) is 14.3. The molecule has 0 aromatic rings. The molecule has 0 aliphatic rings. The third-order valence-corrected chi connectivity index (χ3v) is 4.12. The molecule has 0 amide bonds. The van der Waals surface area contributed by atoms with Gasteiger partial charge in [-0.25, -0.2) is 0 Å². The molecule has 0 aliphatic heterocycles. The van der Waals surface area contributed by atoms with Crippen molar-refractivity contribution < 1.29 is 0 Å². The normalized spacial score (nSPS) is 14.4. The first-order valence-electron chi connectivity index (χ1n) is 7.91. The number of alkyl halides is 1. The standard InChI is InChI=1S/C17H33Br/c1-4-5-6-7-8-9-10-11-12-13-16(2)14-15-17(3)18/h4,16-17H,1,5-15H2,2-3H3. The zero-order valence-corrected chi connectivity index (χ0v) is 14.2. The lowest BCUT2D eigenvalue weighted by Gasteiger charge is -2.11. The maximum atomic E-state index is 3.76. The average Bonchev–Trinajstić information content (AvgIpc) is 2.34. The van der Waals surface area contributed by atoms with Gasteiger partial charge in [0.1, 0.15) is 0 Å². The van der Waals surface area contributed by atoms with Crippen molar-refractivity contribution in [3.63, 3.8) is 0 Å². The molecule has 2 atom stereocenters. The van der Waals surface area contributed by atoms with Crippen molar-refractivity contribution in [2.24, 2.45) is 5.92 Å². The molecular weight excluding hydrogens is 284 g/mol. The molecule has 18 heavy (non-hydrogen) atoms. The Kier molecular flexibility index (Phi) is 13.8. The minimum atomic E-state index is 0.690. The van der Waals surface area contributed by atoms with Crippen molar-refractivity contribution in [2.45, 2.75) is 89.3 Å². The fraction of sp³-hybridized carbons (Fsp3) is 0.882. The van der Waals surface area contributed by atoms with Crippen molar-refractivity contribution in [1.29, 1.82) is 0 Å². The molecule has 0 aromatic heterocycles. The Morgan fingerprint density at radius 2 is 1.39 bits per heavy atom. The van der Waals surface area contributed by atoms with Crippen LogP contribution in [-0.2, 0) is 0 Å². The quantitative estimate of drug-likeness (QED) is 0.197. The van der Waals surface area contributed by atoms with Crippen LogP contribution < -0.4 is 0 Å². The minimum Gasteiger partial charge on any atom is -0.103 e. The summed E-state index contributed by atoms with van der Waals surface area (Å²) in [6.45, 7) is 8.41. The first-order chi connectivity index (χ1) is 8.66. The van der Waals surface area contributed by atoms with Crippen molar-refractivity contribution in [3.05, 3.63) is 12.7 Å². The van der Waals surface area contributed by atoms with E-state index in [-0.39, 0.29) is 0 Å². The van der Waals surface area contributed by atoms with Crippen LogP contribution in [0.5, 0.6) is 0 Å². The summed E-state index contributed by atoms with van der Waals surface area (Å²) in [6.07, 6.45) is 17.3. The number of hydrogen-bond acceptors (Lipinski definition) is 0. The van der Waals surface area contributed by atoms with Gasteiger partial charge in [0.05, 0.1) is 0 Å². The van der Waals surface area contributed by atoms with Crippen molar-refractivity contribution >= 4 is 15.9 Å². The Morgan fingerprint density at radius 1 is 0.833 bits per heavy atom. The Balaban J connectivity index is 3.12. The Bertz CT molecular complexity index is 174. The van der Waals surface area contributed by atoms with Crippen LogP contribution in [0.15, 0.2) is 12.7 Å². The summed E-state index contributed by atoms with van der Waals surface area (Å²) in [6, 6.07) is 0. The summed E-state index contributed by atoms with van der Waals surface area (Å²) in [5.41, 5.74) is 0. The van der Waals surface area contributed by atoms with E-state index in [4.69, 9.17) is 0 Å². The Morgan fingerprint density at radius 3 is 1.94 bits per heavy atom. The second-order valence-electron chi connectivity index (χ2n) is 5.80. The van der Waals surface area contributed by atoms with Crippen molar-refractivity contribution in [1.82, 2.24) is 0 Å². The van der Waals surface area contributed by atoms with Gasteiger partial charge in [0.2, 0.25) is 0 Å². The highest BCUT2D eigenvalue weighted by molar-refractivity contribution is 9.09. The summed E-state index contributed by atoms with van der Waals surface area (Å²) in [5.74, 6) is 0.914. The molecule has 0 radical (unpaired) electrons. The zero-order chi connectivity index (χ0) is 13.6. The van der Waals surface area contributed by atoms with Gasteiger partial charge in [-0.15, -0.1) is 6.58 Å². The molecule has 0 heterocycles. The fourth-order valence-corrected chi connectivity index (χ4v) is 2.59. The molecule has 108 valence electrons. The zero-order valence-electron chi connectivity index (χ0n) is 12.6. The van der Waals surface area contributed by atoms with E-state index in [2.05, 4.69) is 36.4 Å². The second kappa shape index (κ2) is 13.6. The van der Waals surface area contributed by atoms with Crippen LogP contribution in [-0.4, -0.2) is 4.83 Å². The molecule has 0 N–H and O–H groups in total. The molecular formula is C17H33Br. The Hall–Kier alpha value is 0.220. The summed E-state index contributed by atoms with van der Waals surface area (Å²) >= 11 is 3.62. The van der Waals surface area contributed by atoms with Crippen molar-refractivity contribution in [3.8, 4) is 0 Å². The number of unbranched alkanes of at least 4 members (excludes halogenated alkanes) is 7. The highest BCUT2D eigenvalue weighted by Gasteiger charge is 2.04. The van der Waals surface area contributed by atoms with E-state index in [1.807, 2.05) is 6.08 Å². The van der Waals surface area contributed by atoms with Gasteiger partial charge >= 0.3 is 0 Å². The molecule has 0 saturated carbocycles. The summed E-state index contributed by atoms with van der Waals surface area (Å²) in [4.78, 5) is 0.690. The molecule has 0 bridgehead atoms. The van der Waals surface area contributed by atoms with E-state index >= 15 is 0 Å². The van der Waals surface area contributed by atoms with E-state index in [1.165, 1.54) is 70.6 Å². The third-order valence-electron chi connectivity index (χ3n) is 3.66. The number of allylic oxidation sites excluding steroid dienone is 1. The lowest BCUT2D eigenvalue weighted by Crippen LogP contribution is -1.99. The van der Waals surface area contributed by atoms with E-state index in [0.29, 0.717) is 4.83 Å². The Labute approximate surface area is 124 Å². The first kappa shape index (κ1) is 18.2. The first-order valence-corrected chi connectivity index (χ1v) is 8.83. The van der Waals surface area contributed by atoms with Crippen LogP contribution in [0, 0.1) is 5.92 Å². The fourth-order valence-electron chi connectivity index (χ4n) is 2.32. The summed E-state index contributed by atoms with van der Waals surface area (Å²) < 4.78 is 0. The van der Waals surface area contributed by atoms with Gasteiger partial charge in [0.15, 0.2) is 0 Å². The number of halogens is 1. The number of hydrogen-bond donors (Lipinski definition) is 0. The summed E-state index contributed by atoms with van der Waals surface area (Å²) in [5, 5.41) is 0. The topological polar surface area (TPSA) is 0 Å². The largest absolute Gasteiger partial charge is 0.103 e. The average molecular weight is 317 g/mol. The molecule has 1 heteroatoms. The van der Waals surface area contributed by atoms with E-state index < -0.39 is 0 Å². The molecule has 0 aliphatic carbocycles. The highest BCUT2D eigenvalue weighted by Crippen LogP contribution is 2.19. The van der Waals surface area contributed by atoms with Gasteiger partial charge in [-0.05, 0) is 31.6 Å². The molecule has 2 unspecified atom stereocenters. The second-order valence-corrected chi connectivity index (χ2v) is 7.37. The van der Waals surface area contributed by atoms with Crippen LogP contribution in [0.2, 0.25) is 0 Å². The van der Waals surface area contributed by atoms with Crippen LogP contribution in [0.1, 0.15) is 84.5 Å². The van der Waals surface area contributed by atoms with Crippen LogP contribution in [0.4, 0.5) is 0 Å². The van der Waals surface area contributed by atoms with Crippen molar-refractivity contribution in [2.75, 3.05) is 0 Å². The predicted octanol–water partition coefficient (Wildman–Crippen LogP) is 6.88. The molecule has 0 rings (SSSR count). The van der Waals surface area contributed by atoms with Gasteiger partial charge in [-0.2, -0.15) is 0 Å². The molecule has 0 saturated heterocycles. The summed E-state index contributed by atoms with van der Waals surface area (Å²) in [7, 11) is 0. The highest BCUT2D eigenvalue weighted by atomic mass is 79.9. The van der Waals surface area contributed by atoms with E-state index in [9.17, 15) is 0 Å². The van der Waals surface area contributed by atoms with E-state index in [0.717, 1.165) is 5.92 Å². The van der Waals surface area contributed by atoms with Gasteiger partial charge in [-0.3, -0.25) is 0 Å². The maximum absolute atomic E-state index is 3.76. The lowest BCUT2D eigenvalue weighted by atomic mass is 9.97. The monoisotopic (exact) mass is 316 g/mol.